The Hall–Kier alpha value is -1.08. The molecular formula is C15H20IN3S. The third-order valence-electron chi connectivity index (χ3n) is 2.79. The van der Waals surface area contributed by atoms with E-state index < -0.39 is 0 Å². The highest BCUT2D eigenvalue weighted by Crippen LogP contribution is 2.17. The molecule has 0 bridgehead atoms. The van der Waals surface area contributed by atoms with E-state index in [0.717, 1.165) is 12.1 Å². The number of aryl methyl sites for hydroxylation is 2. The molecule has 0 atom stereocenters. The first kappa shape index (κ1) is 17.0. The standard InChI is InChI=1S/C15H19N3S.HI/c1-3-13-8-9-14(19-13)10-17-15(16)18-12-6-4-11(2)5-7-12;/h4-9H,3,10H2,1-2H3,(H3,16,17,18);1H. The molecule has 0 saturated carbocycles. The zero-order valence-corrected chi connectivity index (χ0v) is 14.9. The van der Waals surface area contributed by atoms with E-state index in [0.29, 0.717) is 12.5 Å². The van der Waals surface area contributed by atoms with Gasteiger partial charge in [0, 0.05) is 15.4 Å². The molecule has 0 fully saturated rings. The van der Waals surface area contributed by atoms with Gasteiger partial charge in [-0.25, -0.2) is 4.99 Å². The zero-order chi connectivity index (χ0) is 13.7. The van der Waals surface area contributed by atoms with E-state index in [2.05, 4.69) is 36.3 Å². The van der Waals surface area contributed by atoms with Gasteiger partial charge >= 0.3 is 0 Å². The second-order valence-corrected chi connectivity index (χ2v) is 5.67. The fourth-order valence-electron chi connectivity index (χ4n) is 1.68. The van der Waals surface area contributed by atoms with Crippen LogP contribution in [0.1, 0.15) is 22.2 Å². The van der Waals surface area contributed by atoms with Gasteiger partial charge in [-0.2, -0.15) is 0 Å². The van der Waals surface area contributed by atoms with Crippen molar-refractivity contribution < 1.29 is 0 Å². The summed E-state index contributed by atoms with van der Waals surface area (Å²) in [5.74, 6) is 0.454. The van der Waals surface area contributed by atoms with Crippen molar-refractivity contribution in [1.29, 1.82) is 0 Å². The molecule has 0 amide bonds. The van der Waals surface area contributed by atoms with E-state index >= 15 is 0 Å². The van der Waals surface area contributed by atoms with Gasteiger partial charge in [0.2, 0.25) is 0 Å². The van der Waals surface area contributed by atoms with Crippen molar-refractivity contribution >= 4 is 47.0 Å². The third kappa shape index (κ3) is 5.13. The van der Waals surface area contributed by atoms with Crippen LogP contribution >= 0.6 is 35.3 Å². The highest BCUT2D eigenvalue weighted by molar-refractivity contribution is 14.0. The van der Waals surface area contributed by atoms with Crippen molar-refractivity contribution in [3.05, 3.63) is 51.7 Å². The minimum atomic E-state index is 0. The fourth-order valence-corrected chi connectivity index (χ4v) is 2.57. The van der Waals surface area contributed by atoms with Crippen LogP contribution in [0.25, 0.3) is 0 Å². The lowest BCUT2D eigenvalue weighted by molar-refractivity contribution is 1.09. The number of nitrogens with two attached hydrogens (primary N) is 1. The number of thiophene rings is 1. The van der Waals surface area contributed by atoms with Crippen LogP contribution < -0.4 is 11.1 Å². The quantitative estimate of drug-likeness (QED) is 0.459. The lowest BCUT2D eigenvalue weighted by Gasteiger charge is -2.05. The number of anilines is 1. The predicted molar refractivity (Wildman–Crippen MR) is 99.2 cm³/mol. The summed E-state index contributed by atoms with van der Waals surface area (Å²) in [7, 11) is 0. The number of guanidine groups is 1. The molecule has 0 radical (unpaired) electrons. The van der Waals surface area contributed by atoms with Gasteiger partial charge in [0.05, 0.1) is 6.54 Å². The maximum absolute atomic E-state index is 5.87. The number of nitrogens with one attached hydrogen (secondary N) is 1. The van der Waals surface area contributed by atoms with E-state index in [1.54, 1.807) is 11.3 Å². The molecule has 0 aliphatic rings. The molecule has 0 unspecified atom stereocenters. The summed E-state index contributed by atoms with van der Waals surface area (Å²) < 4.78 is 0. The fraction of sp³-hybridized carbons (Fsp3) is 0.267. The molecule has 0 saturated heterocycles. The van der Waals surface area contributed by atoms with Gasteiger partial charge in [0.1, 0.15) is 0 Å². The van der Waals surface area contributed by atoms with Crippen LogP contribution in [-0.4, -0.2) is 5.96 Å². The van der Waals surface area contributed by atoms with Gasteiger partial charge in [-0.05, 0) is 37.6 Å². The van der Waals surface area contributed by atoms with Crippen molar-refractivity contribution in [3.8, 4) is 0 Å². The maximum Gasteiger partial charge on any atom is 0.193 e. The monoisotopic (exact) mass is 401 g/mol. The number of hydrogen-bond acceptors (Lipinski definition) is 2. The molecular weight excluding hydrogens is 381 g/mol. The summed E-state index contributed by atoms with van der Waals surface area (Å²) in [4.78, 5) is 6.98. The number of rotatable bonds is 4. The molecule has 20 heavy (non-hydrogen) atoms. The van der Waals surface area contributed by atoms with Crippen molar-refractivity contribution in [1.82, 2.24) is 0 Å². The lowest BCUT2D eigenvalue weighted by atomic mass is 10.2. The Bertz CT molecular complexity index is 561. The SMILES string of the molecule is CCc1ccc(CN=C(N)Nc2ccc(C)cc2)s1.I. The van der Waals surface area contributed by atoms with E-state index in [9.17, 15) is 0 Å². The van der Waals surface area contributed by atoms with E-state index in [1.807, 2.05) is 24.3 Å². The minimum absolute atomic E-state index is 0. The van der Waals surface area contributed by atoms with Gasteiger partial charge in [-0.3, -0.25) is 0 Å². The van der Waals surface area contributed by atoms with Crippen molar-refractivity contribution in [3.63, 3.8) is 0 Å². The van der Waals surface area contributed by atoms with Crippen LogP contribution in [-0.2, 0) is 13.0 Å². The summed E-state index contributed by atoms with van der Waals surface area (Å²) in [6, 6.07) is 12.4. The minimum Gasteiger partial charge on any atom is -0.370 e. The summed E-state index contributed by atoms with van der Waals surface area (Å²) in [5, 5.41) is 3.09. The Kier molecular flexibility index (Phi) is 7.01. The number of benzene rings is 1. The zero-order valence-electron chi connectivity index (χ0n) is 11.7. The first-order chi connectivity index (χ1) is 9.17. The summed E-state index contributed by atoms with van der Waals surface area (Å²) in [6.45, 7) is 4.85. The molecule has 1 heterocycles. The van der Waals surface area contributed by atoms with Crippen LogP contribution in [0.2, 0.25) is 0 Å². The van der Waals surface area contributed by atoms with Gasteiger partial charge in [-0.15, -0.1) is 35.3 Å². The molecule has 5 heteroatoms. The number of aliphatic imine (C=N–C) groups is 1. The molecule has 0 spiro atoms. The molecule has 2 aromatic rings. The highest BCUT2D eigenvalue weighted by atomic mass is 127. The van der Waals surface area contributed by atoms with Crippen LogP contribution in [0.4, 0.5) is 5.69 Å². The van der Waals surface area contributed by atoms with Gasteiger partial charge in [0.15, 0.2) is 5.96 Å². The molecule has 2 rings (SSSR count). The summed E-state index contributed by atoms with van der Waals surface area (Å²) in [5.41, 5.74) is 8.07. The lowest BCUT2D eigenvalue weighted by Crippen LogP contribution is -2.22. The first-order valence-electron chi connectivity index (χ1n) is 6.38. The average Bonchev–Trinajstić information content (AvgIpc) is 2.87. The Morgan fingerprint density at radius 3 is 2.40 bits per heavy atom. The number of nitrogens with zero attached hydrogens (tertiary/aromatic N) is 1. The van der Waals surface area contributed by atoms with E-state index in [-0.39, 0.29) is 24.0 Å². The highest BCUT2D eigenvalue weighted by Gasteiger charge is 1.99. The van der Waals surface area contributed by atoms with Crippen LogP contribution in [0.15, 0.2) is 41.4 Å². The Morgan fingerprint density at radius 1 is 1.15 bits per heavy atom. The van der Waals surface area contributed by atoms with Gasteiger partial charge in [0.25, 0.3) is 0 Å². The molecule has 0 aliphatic heterocycles. The first-order valence-corrected chi connectivity index (χ1v) is 7.20. The average molecular weight is 401 g/mol. The van der Waals surface area contributed by atoms with Crippen LogP contribution in [0, 0.1) is 6.92 Å². The van der Waals surface area contributed by atoms with Crippen molar-refractivity contribution in [2.75, 3.05) is 5.32 Å². The second kappa shape index (κ2) is 8.26. The van der Waals surface area contributed by atoms with E-state index in [4.69, 9.17) is 5.73 Å². The Morgan fingerprint density at radius 2 is 1.80 bits per heavy atom. The predicted octanol–water partition coefficient (Wildman–Crippen LogP) is 4.16. The Labute approximate surface area is 141 Å². The number of halogens is 1. The van der Waals surface area contributed by atoms with Gasteiger partial charge in [-0.1, -0.05) is 24.6 Å². The third-order valence-corrected chi connectivity index (χ3v) is 4.01. The number of hydrogen-bond donors (Lipinski definition) is 2. The molecule has 1 aromatic heterocycles. The maximum atomic E-state index is 5.87. The molecule has 108 valence electrons. The van der Waals surface area contributed by atoms with Crippen molar-refractivity contribution in [2.24, 2.45) is 10.7 Å². The summed E-state index contributed by atoms with van der Waals surface area (Å²) in [6.07, 6.45) is 1.07. The molecule has 1 aromatic carbocycles. The Balaban J connectivity index is 0.00000200. The second-order valence-electron chi connectivity index (χ2n) is 4.41. The topological polar surface area (TPSA) is 50.4 Å². The smallest absolute Gasteiger partial charge is 0.193 e. The normalized spacial score (nSPS) is 11.0. The molecule has 0 aliphatic carbocycles. The van der Waals surface area contributed by atoms with Gasteiger partial charge < -0.3 is 11.1 Å². The van der Waals surface area contributed by atoms with Crippen molar-refractivity contribution in [2.45, 2.75) is 26.8 Å². The van der Waals surface area contributed by atoms with Crippen LogP contribution in [0.5, 0.6) is 0 Å². The van der Waals surface area contributed by atoms with Crippen LogP contribution in [0.3, 0.4) is 0 Å². The molecule has 3 nitrogen and oxygen atoms in total. The molecule has 3 N–H and O–H groups in total. The summed E-state index contributed by atoms with van der Waals surface area (Å²) >= 11 is 1.79. The van der Waals surface area contributed by atoms with E-state index in [1.165, 1.54) is 15.3 Å². The largest absolute Gasteiger partial charge is 0.370 e.